The van der Waals surface area contributed by atoms with Gasteiger partial charge in [0.15, 0.2) is 0 Å². The number of nitrogens with zero attached hydrogens (tertiary/aromatic N) is 2. The molecule has 1 amide bonds. The number of nitrogens with one attached hydrogen (secondary N) is 1. The van der Waals surface area contributed by atoms with Gasteiger partial charge in [0.2, 0.25) is 0 Å². The first-order chi connectivity index (χ1) is 9.99. The van der Waals surface area contributed by atoms with Crippen LogP contribution in [0.25, 0.3) is 0 Å². The second kappa shape index (κ2) is 8.21. The number of likely N-dealkylation sites (N-methyl/N-ethyl adjacent to an activating group) is 1. The minimum Gasteiger partial charge on any atom is -0.393 e. The standard InChI is InChI=1S/C14H22N4O3/c1-3-8-17(4-2)9-7-16-14(19)11-5-6-13(18(20)21)12(15)10-11/h5-6,10H,3-4,7-9,15H2,1-2H3,(H,16,19). The maximum atomic E-state index is 12.0. The minimum absolute atomic E-state index is 0.00572. The van der Waals surface area contributed by atoms with Gasteiger partial charge in [0.1, 0.15) is 5.69 Å². The molecule has 1 aromatic rings. The van der Waals surface area contributed by atoms with Gasteiger partial charge in [-0.2, -0.15) is 0 Å². The van der Waals surface area contributed by atoms with Crippen LogP contribution in [0.5, 0.6) is 0 Å². The van der Waals surface area contributed by atoms with Crippen LogP contribution in [0, 0.1) is 10.1 Å². The van der Waals surface area contributed by atoms with Crippen molar-refractivity contribution in [3.63, 3.8) is 0 Å². The van der Waals surface area contributed by atoms with Gasteiger partial charge in [-0.15, -0.1) is 0 Å². The van der Waals surface area contributed by atoms with Crippen LogP contribution >= 0.6 is 0 Å². The second-order valence-corrected chi connectivity index (χ2v) is 4.72. The summed E-state index contributed by atoms with van der Waals surface area (Å²) in [7, 11) is 0. The van der Waals surface area contributed by atoms with Crippen LogP contribution in [-0.2, 0) is 0 Å². The largest absolute Gasteiger partial charge is 0.393 e. The Morgan fingerprint density at radius 2 is 2.10 bits per heavy atom. The van der Waals surface area contributed by atoms with E-state index in [1.165, 1.54) is 18.2 Å². The van der Waals surface area contributed by atoms with Gasteiger partial charge in [0.05, 0.1) is 4.92 Å². The lowest BCUT2D eigenvalue weighted by atomic mass is 10.1. The Kier molecular flexibility index (Phi) is 6.61. The van der Waals surface area contributed by atoms with Crippen molar-refractivity contribution in [1.82, 2.24) is 10.2 Å². The maximum absolute atomic E-state index is 12.0. The molecule has 0 heterocycles. The molecule has 1 aromatic carbocycles. The third-order valence-electron chi connectivity index (χ3n) is 3.19. The van der Waals surface area contributed by atoms with E-state index in [0.29, 0.717) is 12.1 Å². The molecule has 0 saturated carbocycles. The van der Waals surface area contributed by atoms with Crippen molar-refractivity contribution in [2.45, 2.75) is 20.3 Å². The number of nitrogens with two attached hydrogens (primary N) is 1. The molecule has 0 aliphatic heterocycles. The number of hydrogen-bond acceptors (Lipinski definition) is 5. The van der Waals surface area contributed by atoms with E-state index < -0.39 is 4.92 Å². The Hall–Kier alpha value is -2.15. The molecule has 3 N–H and O–H groups in total. The number of carbonyl (C=O) groups is 1. The van der Waals surface area contributed by atoms with Gasteiger partial charge in [-0.3, -0.25) is 14.9 Å². The molecule has 21 heavy (non-hydrogen) atoms. The second-order valence-electron chi connectivity index (χ2n) is 4.72. The van der Waals surface area contributed by atoms with Gasteiger partial charge in [0, 0.05) is 24.7 Å². The van der Waals surface area contributed by atoms with E-state index in [9.17, 15) is 14.9 Å². The van der Waals surface area contributed by atoms with Gasteiger partial charge >= 0.3 is 0 Å². The summed E-state index contributed by atoms with van der Waals surface area (Å²) in [4.78, 5) is 24.3. The SMILES string of the molecule is CCCN(CC)CCNC(=O)c1ccc([N+](=O)[O-])c(N)c1. The van der Waals surface area contributed by atoms with Crippen molar-refractivity contribution in [3.05, 3.63) is 33.9 Å². The van der Waals surface area contributed by atoms with Crippen molar-refractivity contribution in [2.75, 3.05) is 31.9 Å². The molecule has 0 aliphatic carbocycles. The molecule has 0 fully saturated rings. The van der Waals surface area contributed by atoms with Crippen LogP contribution in [0.3, 0.4) is 0 Å². The predicted molar refractivity (Wildman–Crippen MR) is 82.2 cm³/mol. The lowest BCUT2D eigenvalue weighted by Gasteiger charge is -2.19. The molecule has 0 saturated heterocycles. The van der Waals surface area contributed by atoms with Crippen molar-refractivity contribution in [3.8, 4) is 0 Å². The third kappa shape index (κ3) is 5.03. The maximum Gasteiger partial charge on any atom is 0.292 e. The summed E-state index contributed by atoms with van der Waals surface area (Å²) in [6.45, 7) is 7.43. The number of nitro groups is 1. The average Bonchev–Trinajstić information content (AvgIpc) is 2.45. The van der Waals surface area contributed by atoms with E-state index in [0.717, 1.165) is 26.1 Å². The van der Waals surface area contributed by atoms with Gasteiger partial charge in [-0.25, -0.2) is 0 Å². The molecular weight excluding hydrogens is 272 g/mol. The fraction of sp³-hybridized carbons (Fsp3) is 0.500. The van der Waals surface area contributed by atoms with E-state index in [1.807, 2.05) is 0 Å². The Morgan fingerprint density at radius 1 is 1.38 bits per heavy atom. The van der Waals surface area contributed by atoms with E-state index in [1.54, 1.807) is 0 Å². The number of anilines is 1. The van der Waals surface area contributed by atoms with E-state index in [4.69, 9.17) is 5.73 Å². The topological polar surface area (TPSA) is 102 Å². The summed E-state index contributed by atoms with van der Waals surface area (Å²) in [5.41, 5.74) is 5.70. The highest BCUT2D eigenvalue weighted by Gasteiger charge is 2.14. The molecule has 0 radical (unpaired) electrons. The van der Waals surface area contributed by atoms with E-state index in [2.05, 4.69) is 24.1 Å². The van der Waals surface area contributed by atoms with Gasteiger partial charge in [0.25, 0.3) is 11.6 Å². The fourth-order valence-electron chi connectivity index (χ4n) is 2.04. The molecule has 7 heteroatoms. The first-order valence-corrected chi connectivity index (χ1v) is 7.04. The summed E-state index contributed by atoms with van der Waals surface area (Å²) in [6, 6.07) is 3.99. The molecule has 1 rings (SSSR count). The number of nitrogen functional groups attached to an aromatic ring is 1. The first-order valence-electron chi connectivity index (χ1n) is 7.04. The molecule has 0 bridgehead atoms. The Labute approximate surface area is 124 Å². The number of rotatable bonds is 8. The average molecular weight is 294 g/mol. The van der Waals surface area contributed by atoms with Crippen molar-refractivity contribution < 1.29 is 9.72 Å². The molecule has 7 nitrogen and oxygen atoms in total. The zero-order chi connectivity index (χ0) is 15.8. The highest BCUT2D eigenvalue weighted by Crippen LogP contribution is 2.21. The smallest absolute Gasteiger partial charge is 0.292 e. The summed E-state index contributed by atoms with van der Waals surface area (Å²) < 4.78 is 0. The first kappa shape index (κ1) is 16.9. The third-order valence-corrected chi connectivity index (χ3v) is 3.19. The highest BCUT2D eigenvalue weighted by atomic mass is 16.6. The number of amides is 1. The number of nitro benzene ring substituents is 1. The highest BCUT2D eigenvalue weighted by molar-refractivity contribution is 5.95. The van der Waals surface area contributed by atoms with Crippen molar-refractivity contribution in [2.24, 2.45) is 0 Å². The zero-order valence-corrected chi connectivity index (χ0v) is 12.5. The predicted octanol–water partition coefficient (Wildman–Crippen LogP) is 1.64. The molecule has 0 spiro atoms. The summed E-state index contributed by atoms with van der Waals surface area (Å²) in [6.07, 6.45) is 1.07. The number of benzene rings is 1. The van der Waals surface area contributed by atoms with Crippen LogP contribution in [0.1, 0.15) is 30.6 Å². The van der Waals surface area contributed by atoms with Gasteiger partial charge < -0.3 is 16.0 Å². The van der Waals surface area contributed by atoms with Crippen LogP contribution in [0.15, 0.2) is 18.2 Å². The lowest BCUT2D eigenvalue weighted by Crippen LogP contribution is -2.35. The zero-order valence-electron chi connectivity index (χ0n) is 12.5. The Morgan fingerprint density at radius 3 is 2.62 bits per heavy atom. The lowest BCUT2D eigenvalue weighted by molar-refractivity contribution is -0.383. The fourth-order valence-corrected chi connectivity index (χ4v) is 2.04. The van der Waals surface area contributed by atoms with Gasteiger partial charge in [-0.1, -0.05) is 13.8 Å². The molecular formula is C14H22N4O3. The number of hydrogen-bond donors (Lipinski definition) is 2. The molecule has 0 atom stereocenters. The molecule has 0 unspecified atom stereocenters. The van der Waals surface area contributed by atoms with Gasteiger partial charge in [-0.05, 0) is 31.6 Å². The summed E-state index contributed by atoms with van der Waals surface area (Å²) in [5.74, 6) is -0.274. The molecule has 116 valence electrons. The minimum atomic E-state index is -0.569. The van der Waals surface area contributed by atoms with Crippen LogP contribution < -0.4 is 11.1 Å². The normalized spacial score (nSPS) is 10.6. The van der Waals surface area contributed by atoms with Crippen LogP contribution in [0.2, 0.25) is 0 Å². The van der Waals surface area contributed by atoms with Crippen LogP contribution in [0.4, 0.5) is 11.4 Å². The Balaban J connectivity index is 2.56. The summed E-state index contributed by atoms with van der Waals surface area (Å²) >= 11 is 0. The summed E-state index contributed by atoms with van der Waals surface area (Å²) in [5, 5.41) is 13.5. The quantitative estimate of drug-likeness (QED) is 0.431. The molecule has 0 aliphatic rings. The van der Waals surface area contributed by atoms with Crippen molar-refractivity contribution in [1.29, 1.82) is 0 Å². The van der Waals surface area contributed by atoms with Crippen molar-refractivity contribution >= 4 is 17.3 Å². The van der Waals surface area contributed by atoms with Crippen LogP contribution in [-0.4, -0.2) is 41.9 Å². The Bertz CT molecular complexity index is 505. The van der Waals surface area contributed by atoms with E-state index in [-0.39, 0.29) is 17.3 Å². The molecule has 0 aromatic heterocycles. The number of carbonyl (C=O) groups excluding carboxylic acids is 1. The van der Waals surface area contributed by atoms with E-state index >= 15 is 0 Å². The monoisotopic (exact) mass is 294 g/mol.